The number of fused-ring (bicyclic) bond motifs is 1. The normalized spacial score (nSPS) is 20.6. The fourth-order valence-electron chi connectivity index (χ4n) is 3.95. The number of carbonyl (C=O) groups is 3. The van der Waals surface area contributed by atoms with Crippen molar-refractivity contribution in [1.82, 2.24) is 15.1 Å². The Morgan fingerprint density at radius 3 is 2.48 bits per heavy atom. The first-order chi connectivity index (χ1) is 14.8. The summed E-state index contributed by atoms with van der Waals surface area (Å²) in [6.07, 6.45) is 0.715. The van der Waals surface area contributed by atoms with Crippen molar-refractivity contribution >= 4 is 17.8 Å². The number of alkyl halides is 2. The van der Waals surface area contributed by atoms with Gasteiger partial charge in [0.25, 0.3) is 5.91 Å². The van der Waals surface area contributed by atoms with Gasteiger partial charge in [-0.3, -0.25) is 14.5 Å². The molecule has 4 rings (SSSR count). The molecule has 0 spiro atoms. The summed E-state index contributed by atoms with van der Waals surface area (Å²) < 4.78 is 29.0. The van der Waals surface area contributed by atoms with Crippen molar-refractivity contribution < 1.29 is 27.9 Å². The minimum Gasteiger partial charge on any atom is -0.435 e. The van der Waals surface area contributed by atoms with E-state index in [1.807, 2.05) is 24.3 Å². The van der Waals surface area contributed by atoms with Crippen molar-refractivity contribution in [2.24, 2.45) is 0 Å². The fourth-order valence-corrected chi connectivity index (χ4v) is 3.95. The maximum atomic E-state index is 13.0. The van der Waals surface area contributed by atoms with Crippen LogP contribution in [0.25, 0.3) is 0 Å². The van der Waals surface area contributed by atoms with Gasteiger partial charge in [-0.05, 0) is 42.2 Å². The number of nitrogens with one attached hydrogen (secondary N) is 1. The lowest BCUT2D eigenvalue weighted by molar-refractivity contribution is -0.139. The summed E-state index contributed by atoms with van der Waals surface area (Å²) in [5.74, 6) is -0.953. The second-order valence-corrected chi connectivity index (χ2v) is 7.68. The van der Waals surface area contributed by atoms with Gasteiger partial charge in [-0.25, -0.2) is 4.79 Å². The number of rotatable bonds is 5. The zero-order chi connectivity index (χ0) is 22.2. The molecule has 0 bridgehead atoms. The van der Waals surface area contributed by atoms with E-state index >= 15 is 0 Å². The van der Waals surface area contributed by atoms with Crippen molar-refractivity contribution in [3.8, 4) is 5.75 Å². The third kappa shape index (κ3) is 3.95. The summed E-state index contributed by atoms with van der Waals surface area (Å²) in [5.41, 5.74) is 1.23. The van der Waals surface area contributed by atoms with Crippen LogP contribution in [0.3, 0.4) is 0 Å². The van der Waals surface area contributed by atoms with E-state index < -0.39 is 24.1 Å². The fraction of sp³-hybridized carbons (Fsp3) is 0.318. The second kappa shape index (κ2) is 7.98. The van der Waals surface area contributed by atoms with Crippen LogP contribution >= 0.6 is 0 Å². The highest BCUT2D eigenvalue weighted by Gasteiger charge is 2.49. The summed E-state index contributed by atoms with van der Waals surface area (Å²) >= 11 is 0. The van der Waals surface area contributed by atoms with Crippen LogP contribution in [-0.2, 0) is 28.1 Å². The van der Waals surface area contributed by atoms with Crippen molar-refractivity contribution in [3.63, 3.8) is 0 Å². The Morgan fingerprint density at radius 2 is 1.81 bits per heavy atom. The summed E-state index contributed by atoms with van der Waals surface area (Å²) in [6.45, 7) is -0.867. The molecule has 2 aromatic rings. The number of amides is 4. The van der Waals surface area contributed by atoms with Crippen molar-refractivity contribution in [3.05, 3.63) is 65.2 Å². The standard InChI is InChI=1S/C22H21F2N3O4/c1-22(16-6-8-17(9-7-16)31-20(23)24)19(29)27(21(30)25-22)13-18(28)26-11-10-14-4-2-3-5-15(14)12-26/h2-9,20H,10-13H2,1H3,(H,25,30)/t22-/m1/s1. The number of nitrogens with zero attached hydrogens (tertiary/aromatic N) is 2. The van der Waals surface area contributed by atoms with Crippen molar-refractivity contribution in [2.45, 2.75) is 32.0 Å². The highest BCUT2D eigenvalue weighted by atomic mass is 19.3. The van der Waals surface area contributed by atoms with Crippen molar-refractivity contribution in [2.75, 3.05) is 13.1 Å². The van der Waals surface area contributed by atoms with Gasteiger partial charge >= 0.3 is 12.6 Å². The molecule has 1 atom stereocenters. The van der Waals surface area contributed by atoms with E-state index in [0.29, 0.717) is 25.1 Å². The Balaban J connectivity index is 1.46. The van der Waals surface area contributed by atoms with Gasteiger partial charge in [-0.1, -0.05) is 36.4 Å². The molecule has 0 radical (unpaired) electrons. The Morgan fingerprint density at radius 1 is 1.13 bits per heavy atom. The molecular formula is C22H21F2N3O4. The number of benzene rings is 2. The Kier molecular flexibility index (Phi) is 5.34. The van der Waals surface area contributed by atoms with Crippen LogP contribution in [-0.4, -0.2) is 47.3 Å². The largest absolute Gasteiger partial charge is 0.435 e. The molecule has 1 N–H and O–H groups in total. The third-order valence-electron chi connectivity index (χ3n) is 5.71. The lowest BCUT2D eigenvalue weighted by Gasteiger charge is -2.30. The van der Waals surface area contributed by atoms with E-state index in [4.69, 9.17) is 0 Å². The summed E-state index contributed by atoms with van der Waals surface area (Å²) in [6, 6.07) is 12.6. The average molecular weight is 429 g/mol. The predicted octanol–water partition coefficient (Wildman–Crippen LogP) is 2.64. The van der Waals surface area contributed by atoms with E-state index in [2.05, 4.69) is 10.1 Å². The molecule has 0 saturated carbocycles. The van der Waals surface area contributed by atoms with Crippen LogP contribution in [0, 0.1) is 0 Å². The molecule has 31 heavy (non-hydrogen) atoms. The second-order valence-electron chi connectivity index (χ2n) is 7.68. The summed E-state index contributed by atoms with van der Waals surface area (Å²) in [4.78, 5) is 40.9. The molecular weight excluding hydrogens is 408 g/mol. The molecule has 4 amide bonds. The predicted molar refractivity (Wildman–Crippen MR) is 106 cm³/mol. The first-order valence-corrected chi connectivity index (χ1v) is 9.82. The smallest absolute Gasteiger partial charge is 0.387 e. The van der Waals surface area contributed by atoms with Crippen LogP contribution in [0.4, 0.5) is 13.6 Å². The van der Waals surface area contributed by atoms with Gasteiger partial charge in [-0.15, -0.1) is 0 Å². The quantitative estimate of drug-likeness (QED) is 0.742. The average Bonchev–Trinajstić information content (AvgIpc) is 2.97. The number of hydrogen-bond donors (Lipinski definition) is 1. The first-order valence-electron chi connectivity index (χ1n) is 9.82. The molecule has 0 unspecified atom stereocenters. The van der Waals surface area contributed by atoms with E-state index in [1.165, 1.54) is 36.8 Å². The molecule has 0 aliphatic carbocycles. The Labute approximate surface area is 177 Å². The van der Waals surface area contributed by atoms with Crippen LogP contribution in [0.2, 0.25) is 0 Å². The van der Waals surface area contributed by atoms with Crippen LogP contribution < -0.4 is 10.1 Å². The number of ether oxygens (including phenoxy) is 1. The van der Waals surface area contributed by atoms with Gasteiger partial charge in [-0.2, -0.15) is 8.78 Å². The molecule has 7 nitrogen and oxygen atoms in total. The van der Waals surface area contributed by atoms with Crippen molar-refractivity contribution in [1.29, 1.82) is 0 Å². The number of carbonyl (C=O) groups excluding carboxylic acids is 3. The minimum atomic E-state index is -2.96. The number of hydrogen-bond acceptors (Lipinski definition) is 4. The highest BCUT2D eigenvalue weighted by Crippen LogP contribution is 2.30. The van der Waals surface area contributed by atoms with E-state index in [9.17, 15) is 23.2 Å². The third-order valence-corrected chi connectivity index (χ3v) is 5.71. The van der Waals surface area contributed by atoms with Gasteiger partial charge in [0.15, 0.2) is 0 Å². The molecule has 0 aromatic heterocycles. The molecule has 1 fully saturated rings. The Hall–Kier alpha value is -3.49. The summed E-state index contributed by atoms with van der Waals surface area (Å²) in [5, 5.41) is 2.61. The zero-order valence-electron chi connectivity index (χ0n) is 16.8. The van der Waals surface area contributed by atoms with Crippen LogP contribution in [0.5, 0.6) is 5.75 Å². The summed E-state index contributed by atoms with van der Waals surface area (Å²) in [7, 11) is 0. The topological polar surface area (TPSA) is 79.0 Å². The van der Waals surface area contributed by atoms with Gasteiger partial charge in [0.2, 0.25) is 5.91 Å². The number of urea groups is 1. The van der Waals surface area contributed by atoms with E-state index in [1.54, 1.807) is 4.90 Å². The van der Waals surface area contributed by atoms with Gasteiger partial charge < -0.3 is 15.0 Å². The SMILES string of the molecule is C[C@]1(c2ccc(OC(F)F)cc2)NC(=O)N(CC(=O)N2CCc3ccccc3C2)C1=O. The van der Waals surface area contributed by atoms with E-state index in [-0.39, 0.29) is 18.2 Å². The number of imide groups is 1. The minimum absolute atomic E-state index is 0.0588. The lowest BCUT2D eigenvalue weighted by Crippen LogP contribution is -2.45. The Bertz CT molecular complexity index is 1030. The molecule has 1 saturated heterocycles. The lowest BCUT2D eigenvalue weighted by atomic mass is 9.92. The molecule has 2 heterocycles. The van der Waals surface area contributed by atoms with Crippen LogP contribution in [0.15, 0.2) is 48.5 Å². The maximum Gasteiger partial charge on any atom is 0.387 e. The molecule has 9 heteroatoms. The number of halogens is 2. The van der Waals surface area contributed by atoms with Gasteiger partial charge in [0.1, 0.15) is 17.8 Å². The highest BCUT2D eigenvalue weighted by molar-refractivity contribution is 6.09. The van der Waals surface area contributed by atoms with E-state index in [0.717, 1.165) is 10.5 Å². The van der Waals surface area contributed by atoms with Gasteiger partial charge in [0.05, 0.1) is 0 Å². The monoisotopic (exact) mass is 429 g/mol. The molecule has 2 aliphatic heterocycles. The molecule has 2 aliphatic rings. The zero-order valence-corrected chi connectivity index (χ0v) is 16.8. The maximum absolute atomic E-state index is 13.0. The van der Waals surface area contributed by atoms with Gasteiger partial charge in [0, 0.05) is 13.1 Å². The first kappa shape index (κ1) is 20.8. The van der Waals surface area contributed by atoms with Crippen LogP contribution in [0.1, 0.15) is 23.6 Å². The molecule has 162 valence electrons. The molecule has 2 aromatic carbocycles.